The fourth-order valence-electron chi connectivity index (χ4n) is 6.04. The van der Waals surface area contributed by atoms with Gasteiger partial charge in [-0.05, 0) is 51.8 Å². The second kappa shape index (κ2) is 12.1. The van der Waals surface area contributed by atoms with E-state index in [0.717, 1.165) is 0 Å². The number of likely N-dealkylation sites (tertiary alicyclic amines) is 1. The number of carbonyl (C=O) groups excluding carboxylic acids is 3. The smallest absolute Gasteiger partial charge is 0.361 e. The molecule has 3 aromatic rings. The Morgan fingerprint density at radius 2 is 1.88 bits per heavy atom. The molecule has 10 nitrogen and oxygen atoms in total. The average Bonchev–Trinajstić information content (AvgIpc) is 3.41. The first-order valence-electron chi connectivity index (χ1n) is 14.1. The highest BCUT2D eigenvalue weighted by atomic mass is 35.5. The topological polar surface area (TPSA) is 127 Å². The van der Waals surface area contributed by atoms with E-state index in [-0.39, 0.29) is 67.6 Å². The molecule has 1 aromatic heterocycles. The van der Waals surface area contributed by atoms with Gasteiger partial charge in [-0.25, -0.2) is 4.39 Å². The number of nitrogens with zero attached hydrogens (tertiary/aromatic N) is 2. The molecule has 43 heavy (non-hydrogen) atoms. The van der Waals surface area contributed by atoms with Gasteiger partial charge in [0.05, 0.1) is 35.7 Å². The van der Waals surface area contributed by atoms with Gasteiger partial charge in [0.1, 0.15) is 18.4 Å². The van der Waals surface area contributed by atoms with Crippen LogP contribution in [0.4, 0.5) is 4.39 Å². The minimum absolute atomic E-state index is 0.0594. The van der Waals surface area contributed by atoms with Crippen molar-refractivity contribution in [3.63, 3.8) is 0 Å². The average molecular weight is 634 g/mol. The third-order valence-electron chi connectivity index (χ3n) is 8.27. The zero-order valence-electron chi connectivity index (χ0n) is 24.1. The molecule has 230 valence electrons. The van der Waals surface area contributed by atoms with Crippen LogP contribution in [0.3, 0.4) is 0 Å². The number of rotatable bonds is 12. The van der Waals surface area contributed by atoms with E-state index in [0.29, 0.717) is 28.2 Å². The summed E-state index contributed by atoms with van der Waals surface area (Å²) in [5.41, 5.74) is 0.502. The monoisotopic (exact) mass is 633 g/mol. The Bertz CT molecular complexity index is 1640. The van der Waals surface area contributed by atoms with Crippen LogP contribution < -0.4 is 10.6 Å². The van der Waals surface area contributed by atoms with Gasteiger partial charge in [0.2, 0.25) is 11.8 Å². The van der Waals surface area contributed by atoms with Crippen LogP contribution in [0.5, 0.6) is 0 Å². The van der Waals surface area contributed by atoms with Crippen LogP contribution in [0.25, 0.3) is 10.9 Å². The molecule has 5 rings (SSSR count). The Balaban J connectivity index is 1.44. The Morgan fingerprint density at radius 3 is 2.53 bits per heavy atom. The highest BCUT2D eigenvalue weighted by molar-refractivity contribution is 7.62. The quantitative estimate of drug-likeness (QED) is 0.226. The molecule has 13 heteroatoms. The standard InChI is InChI=1S/C30H34ClFN3O7P/c1-4-41-43(40,42-5-2)20-9-10-21-22(18(3)37)15-34(24(21)11-20)16-27(38)35-25(12-30(17-36)13-26(30)35)29(39)33-14-19-7-6-8-23(31)28(19)32/h6-11,15,25-26,36H,4-5,12-14,16-17H2,1-3H3,(H,33,39)/t25-,26?,30?/m0/s1. The lowest BCUT2D eigenvalue weighted by molar-refractivity contribution is -0.140. The van der Waals surface area contributed by atoms with Gasteiger partial charge >= 0.3 is 7.60 Å². The van der Waals surface area contributed by atoms with Crippen LogP contribution in [0.1, 0.15) is 49.5 Å². The van der Waals surface area contributed by atoms with E-state index in [1.807, 2.05) is 0 Å². The number of ketones is 1. The first-order valence-corrected chi connectivity index (χ1v) is 16.1. The first-order chi connectivity index (χ1) is 20.5. The largest absolute Gasteiger partial charge is 0.396 e. The molecule has 1 aliphatic carbocycles. The molecule has 2 heterocycles. The SMILES string of the molecule is CCOP(=O)(OCC)c1ccc2c(C(C)=O)cn(CC(=O)N3C4CC4(CO)C[C@H]3C(=O)NCc3cccc(Cl)c3F)c2c1. The zero-order valence-corrected chi connectivity index (χ0v) is 25.8. The summed E-state index contributed by atoms with van der Waals surface area (Å²) >= 11 is 5.87. The van der Waals surface area contributed by atoms with Crippen molar-refractivity contribution in [2.24, 2.45) is 5.41 Å². The molecule has 3 atom stereocenters. The van der Waals surface area contributed by atoms with Crippen LogP contribution >= 0.6 is 19.2 Å². The molecule has 1 aliphatic heterocycles. The first kappa shape index (κ1) is 31.3. The van der Waals surface area contributed by atoms with Crippen LogP contribution in [0, 0.1) is 11.2 Å². The highest BCUT2D eigenvalue weighted by Crippen LogP contribution is 2.59. The number of hydrogen-bond donors (Lipinski definition) is 2. The van der Waals surface area contributed by atoms with Gasteiger partial charge in [-0.1, -0.05) is 29.8 Å². The maximum atomic E-state index is 14.4. The normalized spacial score (nSPS) is 21.2. The Morgan fingerprint density at radius 1 is 1.16 bits per heavy atom. The second-order valence-corrected chi connectivity index (χ2v) is 13.4. The van der Waals surface area contributed by atoms with Crippen molar-refractivity contribution in [1.29, 1.82) is 0 Å². The lowest BCUT2D eigenvalue weighted by Crippen LogP contribution is -2.48. The van der Waals surface area contributed by atoms with Crippen molar-refractivity contribution in [1.82, 2.24) is 14.8 Å². The van der Waals surface area contributed by atoms with Gasteiger partial charge < -0.3 is 28.9 Å². The summed E-state index contributed by atoms with van der Waals surface area (Å²) in [5.74, 6) is -1.69. The van der Waals surface area contributed by atoms with E-state index >= 15 is 0 Å². The summed E-state index contributed by atoms with van der Waals surface area (Å²) in [6, 6.07) is 8.16. The number of halogens is 2. The zero-order chi connectivity index (χ0) is 31.1. The molecule has 2 unspecified atom stereocenters. The summed E-state index contributed by atoms with van der Waals surface area (Å²) in [6.07, 6.45) is 2.40. The molecule has 1 saturated carbocycles. The molecule has 2 amide bonds. The summed E-state index contributed by atoms with van der Waals surface area (Å²) < 4.78 is 40.5. The van der Waals surface area contributed by atoms with Crippen LogP contribution in [-0.4, -0.2) is 64.1 Å². The van der Waals surface area contributed by atoms with Gasteiger partial charge in [0.25, 0.3) is 0 Å². The number of Topliss-reactive ketones (excluding diaryl/α,β-unsaturated/α-hetero) is 1. The number of hydrogen-bond acceptors (Lipinski definition) is 7. The van der Waals surface area contributed by atoms with Crippen molar-refractivity contribution in [3.8, 4) is 0 Å². The molecule has 2 aromatic carbocycles. The maximum absolute atomic E-state index is 14.4. The Labute approximate surface area is 253 Å². The van der Waals surface area contributed by atoms with E-state index in [2.05, 4.69) is 5.32 Å². The molecule has 0 spiro atoms. The lowest BCUT2D eigenvalue weighted by atomic mass is 10.00. The number of fused-ring (bicyclic) bond motifs is 2. The molecule has 2 aliphatic rings. The predicted molar refractivity (Wildman–Crippen MR) is 159 cm³/mol. The minimum Gasteiger partial charge on any atom is -0.396 e. The number of benzene rings is 2. The summed E-state index contributed by atoms with van der Waals surface area (Å²) in [6.45, 7) is 4.63. The molecule has 2 fully saturated rings. The maximum Gasteiger partial charge on any atom is 0.361 e. The number of nitrogens with one attached hydrogen (secondary N) is 1. The van der Waals surface area contributed by atoms with Gasteiger partial charge in [-0.15, -0.1) is 0 Å². The predicted octanol–water partition coefficient (Wildman–Crippen LogP) is 4.20. The minimum atomic E-state index is -3.65. The molecule has 0 radical (unpaired) electrons. The number of aliphatic hydroxyl groups excluding tert-OH is 1. The van der Waals surface area contributed by atoms with Crippen LogP contribution in [0.2, 0.25) is 5.02 Å². The van der Waals surface area contributed by atoms with E-state index in [9.17, 15) is 28.4 Å². The van der Waals surface area contributed by atoms with Crippen molar-refractivity contribution in [2.45, 2.75) is 58.8 Å². The van der Waals surface area contributed by atoms with E-state index in [1.165, 1.54) is 24.0 Å². The van der Waals surface area contributed by atoms with Gasteiger partial charge in [-0.2, -0.15) is 0 Å². The van der Waals surface area contributed by atoms with Crippen LogP contribution in [0.15, 0.2) is 42.6 Å². The third-order valence-corrected chi connectivity index (χ3v) is 10.7. The fourth-order valence-corrected chi connectivity index (χ4v) is 7.83. The molecular weight excluding hydrogens is 600 g/mol. The number of carbonyl (C=O) groups is 3. The van der Waals surface area contributed by atoms with Crippen molar-refractivity contribution in [2.75, 3.05) is 19.8 Å². The van der Waals surface area contributed by atoms with Gasteiger partial charge in [0, 0.05) is 40.7 Å². The van der Waals surface area contributed by atoms with Crippen molar-refractivity contribution in [3.05, 3.63) is 64.6 Å². The van der Waals surface area contributed by atoms with E-state index in [1.54, 1.807) is 48.9 Å². The third kappa shape index (κ3) is 5.77. The van der Waals surface area contributed by atoms with Crippen LogP contribution in [-0.2, 0) is 36.3 Å². The summed E-state index contributed by atoms with van der Waals surface area (Å²) in [4.78, 5) is 41.2. The summed E-state index contributed by atoms with van der Waals surface area (Å²) in [7, 11) is -3.65. The highest BCUT2D eigenvalue weighted by Gasteiger charge is 2.66. The Kier molecular flexibility index (Phi) is 8.84. The molecular formula is C30H34ClFN3O7P. The molecule has 0 bridgehead atoms. The number of aliphatic hydroxyl groups is 1. The number of aromatic nitrogens is 1. The number of piperidine rings is 1. The molecule has 2 N–H and O–H groups in total. The van der Waals surface area contributed by atoms with Gasteiger partial charge in [0.15, 0.2) is 5.78 Å². The van der Waals surface area contributed by atoms with Crippen molar-refractivity contribution < 1.29 is 37.5 Å². The number of amides is 2. The summed E-state index contributed by atoms with van der Waals surface area (Å²) in [5, 5.41) is 13.6. The second-order valence-electron chi connectivity index (χ2n) is 11.0. The van der Waals surface area contributed by atoms with E-state index in [4.69, 9.17) is 20.6 Å². The van der Waals surface area contributed by atoms with E-state index < -0.39 is 30.8 Å². The Hall–Kier alpha value is -3.08. The molecule has 1 saturated heterocycles. The van der Waals surface area contributed by atoms with Gasteiger partial charge in [-0.3, -0.25) is 18.9 Å². The lowest BCUT2D eigenvalue weighted by Gasteiger charge is -2.27. The van der Waals surface area contributed by atoms with Crippen molar-refractivity contribution >= 4 is 53.0 Å². The fraction of sp³-hybridized carbons (Fsp3) is 0.433.